The molecule has 1 fully saturated rings. The van der Waals surface area contributed by atoms with Crippen molar-refractivity contribution in [2.24, 2.45) is 5.92 Å². The second-order valence-electron chi connectivity index (χ2n) is 6.72. The maximum atomic E-state index is 12.3. The first-order chi connectivity index (χ1) is 12.3. The molecule has 3 heterocycles. The van der Waals surface area contributed by atoms with Crippen LogP contribution in [0.15, 0.2) is 42.6 Å². The number of amides is 1. The van der Waals surface area contributed by atoms with Crippen LogP contribution in [0.5, 0.6) is 0 Å². The van der Waals surface area contributed by atoms with E-state index in [2.05, 4.69) is 39.5 Å². The number of anilines is 2. The van der Waals surface area contributed by atoms with E-state index in [0.717, 1.165) is 43.9 Å². The molecule has 1 aromatic carbocycles. The van der Waals surface area contributed by atoms with E-state index in [1.807, 2.05) is 12.1 Å². The molecule has 1 saturated heterocycles. The van der Waals surface area contributed by atoms with Crippen molar-refractivity contribution in [1.29, 1.82) is 0 Å². The van der Waals surface area contributed by atoms with E-state index in [4.69, 9.17) is 4.74 Å². The molecule has 5 heteroatoms. The lowest BCUT2D eigenvalue weighted by molar-refractivity contribution is -0.122. The molecule has 0 unspecified atom stereocenters. The first-order valence-corrected chi connectivity index (χ1v) is 8.96. The van der Waals surface area contributed by atoms with Crippen LogP contribution >= 0.6 is 0 Å². The number of carbonyl (C=O) groups is 1. The molecule has 0 radical (unpaired) electrons. The molecule has 1 N–H and O–H groups in total. The summed E-state index contributed by atoms with van der Waals surface area (Å²) < 4.78 is 5.31. The van der Waals surface area contributed by atoms with Crippen LogP contribution in [-0.4, -0.2) is 30.6 Å². The quantitative estimate of drug-likeness (QED) is 0.935. The van der Waals surface area contributed by atoms with E-state index >= 15 is 0 Å². The number of nitrogens with one attached hydrogen (secondary N) is 1. The van der Waals surface area contributed by atoms with Gasteiger partial charge in [0, 0.05) is 32.2 Å². The van der Waals surface area contributed by atoms with E-state index in [-0.39, 0.29) is 11.8 Å². The Labute approximate surface area is 148 Å². The van der Waals surface area contributed by atoms with Gasteiger partial charge in [0.25, 0.3) is 0 Å². The zero-order chi connectivity index (χ0) is 17.1. The number of rotatable bonds is 3. The van der Waals surface area contributed by atoms with E-state index in [1.54, 1.807) is 6.20 Å². The highest BCUT2D eigenvalue weighted by atomic mass is 16.5. The van der Waals surface area contributed by atoms with Crippen molar-refractivity contribution < 1.29 is 9.53 Å². The fourth-order valence-corrected chi connectivity index (χ4v) is 3.54. The summed E-state index contributed by atoms with van der Waals surface area (Å²) in [5.74, 6) is 1.08. The molecule has 1 aromatic heterocycles. The number of benzene rings is 1. The molecule has 2 aromatic rings. The first kappa shape index (κ1) is 16.1. The maximum absolute atomic E-state index is 12.3. The van der Waals surface area contributed by atoms with Crippen LogP contribution in [0.4, 0.5) is 11.5 Å². The van der Waals surface area contributed by atoms with Gasteiger partial charge in [0.15, 0.2) is 0 Å². The third kappa shape index (κ3) is 3.66. The Morgan fingerprint density at radius 3 is 2.68 bits per heavy atom. The fourth-order valence-electron chi connectivity index (χ4n) is 3.54. The van der Waals surface area contributed by atoms with Crippen molar-refractivity contribution in [3.63, 3.8) is 0 Å². The Bertz CT molecular complexity index is 739. The average Bonchev–Trinajstić information content (AvgIpc) is 2.69. The van der Waals surface area contributed by atoms with Crippen molar-refractivity contribution in [3.05, 3.63) is 53.7 Å². The maximum Gasteiger partial charge on any atom is 0.227 e. The van der Waals surface area contributed by atoms with E-state index in [9.17, 15) is 4.79 Å². The highest BCUT2D eigenvalue weighted by Gasteiger charge is 2.22. The van der Waals surface area contributed by atoms with Crippen LogP contribution in [0.3, 0.4) is 0 Å². The zero-order valence-corrected chi connectivity index (χ0v) is 14.3. The van der Waals surface area contributed by atoms with Gasteiger partial charge in [0.05, 0.1) is 11.9 Å². The number of pyridine rings is 1. The van der Waals surface area contributed by atoms with Gasteiger partial charge >= 0.3 is 0 Å². The van der Waals surface area contributed by atoms with Gasteiger partial charge in [0.2, 0.25) is 5.91 Å². The lowest BCUT2D eigenvalue weighted by Gasteiger charge is -2.29. The molecule has 130 valence electrons. The van der Waals surface area contributed by atoms with Gasteiger partial charge in [-0.15, -0.1) is 0 Å². The Kier molecular flexibility index (Phi) is 4.65. The van der Waals surface area contributed by atoms with Crippen LogP contribution in [0, 0.1) is 5.92 Å². The number of hydrogen-bond donors (Lipinski definition) is 1. The number of carbonyl (C=O) groups excluding carboxylic acids is 1. The summed E-state index contributed by atoms with van der Waals surface area (Å²) in [6, 6.07) is 12.5. The Balaban J connectivity index is 1.40. The average molecular weight is 337 g/mol. The Morgan fingerprint density at radius 2 is 1.92 bits per heavy atom. The highest BCUT2D eigenvalue weighted by Crippen LogP contribution is 2.24. The normalized spacial score (nSPS) is 17.8. The molecule has 0 spiro atoms. The summed E-state index contributed by atoms with van der Waals surface area (Å²) in [4.78, 5) is 19.1. The summed E-state index contributed by atoms with van der Waals surface area (Å²) in [5.41, 5.74) is 3.56. The second kappa shape index (κ2) is 7.23. The molecule has 25 heavy (non-hydrogen) atoms. The van der Waals surface area contributed by atoms with Crippen LogP contribution in [0.2, 0.25) is 0 Å². The second-order valence-corrected chi connectivity index (χ2v) is 6.72. The monoisotopic (exact) mass is 337 g/mol. The lowest BCUT2D eigenvalue weighted by Crippen LogP contribution is -2.31. The van der Waals surface area contributed by atoms with Gasteiger partial charge < -0.3 is 15.0 Å². The van der Waals surface area contributed by atoms with Gasteiger partial charge in [0.1, 0.15) is 5.82 Å². The topological polar surface area (TPSA) is 54.5 Å². The van der Waals surface area contributed by atoms with Crippen molar-refractivity contribution >= 4 is 17.4 Å². The summed E-state index contributed by atoms with van der Waals surface area (Å²) in [6.45, 7) is 3.20. The molecular formula is C20H23N3O2. The largest absolute Gasteiger partial charge is 0.381 e. The van der Waals surface area contributed by atoms with Gasteiger partial charge in [-0.3, -0.25) is 4.79 Å². The number of hydrogen-bond acceptors (Lipinski definition) is 4. The predicted octanol–water partition coefficient (Wildman–Crippen LogP) is 3.01. The van der Waals surface area contributed by atoms with Crippen LogP contribution in [0.1, 0.15) is 24.0 Å². The van der Waals surface area contributed by atoms with Crippen molar-refractivity contribution in [2.45, 2.75) is 25.8 Å². The fraction of sp³-hybridized carbons (Fsp3) is 0.400. The zero-order valence-electron chi connectivity index (χ0n) is 14.3. The lowest BCUT2D eigenvalue weighted by atomic mass is 9.99. The third-order valence-electron chi connectivity index (χ3n) is 5.06. The molecule has 2 aliphatic heterocycles. The van der Waals surface area contributed by atoms with Crippen molar-refractivity contribution in [2.75, 3.05) is 30.0 Å². The molecule has 0 bridgehead atoms. The number of ether oxygens (including phenoxy) is 1. The van der Waals surface area contributed by atoms with Crippen LogP contribution in [-0.2, 0) is 22.5 Å². The van der Waals surface area contributed by atoms with E-state index in [0.29, 0.717) is 13.2 Å². The number of nitrogens with zero attached hydrogens (tertiary/aromatic N) is 2. The minimum absolute atomic E-state index is 0.0482. The smallest absolute Gasteiger partial charge is 0.227 e. The first-order valence-electron chi connectivity index (χ1n) is 8.96. The molecule has 4 rings (SSSR count). The number of aromatic nitrogens is 1. The Hall–Kier alpha value is -2.40. The molecule has 1 amide bonds. The van der Waals surface area contributed by atoms with Gasteiger partial charge in [-0.05, 0) is 42.5 Å². The van der Waals surface area contributed by atoms with E-state index in [1.165, 1.54) is 11.1 Å². The highest BCUT2D eigenvalue weighted by molar-refractivity contribution is 5.92. The van der Waals surface area contributed by atoms with Crippen molar-refractivity contribution in [1.82, 2.24) is 4.98 Å². The summed E-state index contributed by atoms with van der Waals surface area (Å²) >= 11 is 0. The van der Waals surface area contributed by atoms with Crippen LogP contribution < -0.4 is 10.2 Å². The SMILES string of the molecule is O=C(Nc1ccc(N2CCc3ccccc3C2)nc1)C1CCOCC1. The van der Waals surface area contributed by atoms with Gasteiger partial charge in [-0.1, -0.05) is 24.3 Å². The number of fused-ring (bicyclic) bond motifs is 1. The Morgan fingerprint density at radius 1 is 1.12 bits per heavy atom. The van der Waals surface area contributed by atoms with Gasteiger partial charge in [-0.2, -0.15) is 0 Å². The van der Waals surface area contributed by atoms with E-state index < -0.39 is 0 Å². The minimum atomic E-state index is 0.0482. The molecule has 0 atom stereocenters. The molecular weight excluding hydrogens is 314 g/mol. The summed E-state index contributed by atoms with van der Waals surface area (Å²) in [6.07, 6.45) is 4.39. The molecule has 0 aliphatic carbocycles. The molecule has 0 saturated carbocycles. The molecule has 2 aliphatic rings. The summed E-state index contributed by atoms with van der Waals surface area (Å²) in [5, 5.41) is 2.98. The van der Waals surface area contributed by atoms with Crippen LogP contribution in [0.25, 0.3) is 0 Å². The minimum Gasteiger partial charge on any atom is -0.381 e. The molecule has 5 nitrogen and oxygen atoms in total. The third-order valence-corrected chi connectivity index (χ3v) is 5.06. The predicted molar refractivity (Wildman–Crippen MR) is 97.6 cm³/mol. The standard InChI is InChI=1S/C20H23N3O2/c24-20(16-8-11-25-12-9-16)22-18-5-6-19(21-13-18)23-10-7-15-3-1-2-4-17(15)14-23/h1-6,13,16H,7-12,14H2,(H,22,24). The summed E-state index contributed by atoms with van der Waals surface area (Å²) in [7, 11) is 0. The van der Waals surface area contributed by atoms with Gasteiger partial charge in [-0.25, -0.2) is 4.98 Å². The van der Waals surface area contributed by atoms with Crippen molar-refractivity contribution in [3.8, 4) is 0 Å².